The van der Waals surface area contributed by atoms with E-state index in [-0.39, 0.29) is 6.10 Å². The van der Waals surface area contributed by atoms with Gasteiger partial charge in [0, 0.05) is 5.38 Å². The summed E-state index contributed by atoms with van der Waals surface area (Å²) in [7, 11) is 0. The molecule has 0 amide bonds. The summed E-state index contributed by atoms with van der Waals surface area (Å²) >= 11 is 1.49. The lowest BCUT2D eigenvalue weighted by Gasteiger charge is -2.03. The van der Waals surface area contributed by atoms with Crippen molar-refractivity contribution in [2.24, 2.45) is 5.92 Å². The average molecular weight is 237 g/mol. The van der Waals surface area contributed by atoms with E-state index >= 15 is 0 Å². The topological polar surface area (TPSA) is 72.0 Å². The first kappa shape index (κ1) is 9.92. The lowest BCUT2D eigenvalue weighted by atomic mass is 10.2. The highest BCUT2D eigenvalue weighted by Crippen LogP contribution is 2.33. The summed E-state index contributed by atoms with van der Waals surface area (Å²) in [6.07, 6.45) is 2.31. The van der Waals surface area contributed by atoms with Crippen LogP contribution in [-0.2, 0) is 6.42 Å². The van der Waals surface area contributed by atoms with E-state index in [4.69, 9.17) is 4.52 Å². The summed E-state index contributed by atoms with van der Waals surface area (Å²) in [5, 5.41) is 15.4. The minimum absolute atomic E-state index is 0.344. The van der Waals surface area contributed by atoms with Crippen molar-refractivity contribution in [3.63, 3.8) is 0 Å². The highest BCUT2D eigenvalue weighted by atomic mass is 32.1. The van der Waals surface area contributed by atoms with Crippen molar-refractivity contribution in [3.8, 4) is 11.5 Å². The molecule has 2 aromatic rings. The third-order valence-electron chi connectivity index (χ3n) is 2.68. The number of hydrogen-bond donors (Lipinski definition) is 1. The Kier molecular flexibility index (Phi) is 2.45. The van der Waals surface area contributed by atoms with Gasteiger partial charge in [0.15, 0.2) is 0 Å². The quantitative estimate of drug-likeness (QED) is 0.872. The molecule has 0 spiro atoms. The Morgan fingerprint density at radius 1 is 1.56 bits per heavy atom. The molecule has 0 aromatic carbocycles. The van der Waals surface area contributed by atoms with E-state index in [0.717, 1.165) is 18.5 Å². The number of hydrogen-bond acceptors (Lipinski definition) is 6. The Balaban J connectivity index is 1.72. The molecule has 3 rings (SSSR count). The van der Waals surface area contributed by atoms with Crippen LogP contribution in [0.4, 0.5) is 0 Å². The first-order chi connectivity index (χ1) is 7.83. The standard InChI is InChI=1S/C10H11N3O2S/c14-8(6-1-2-6)3-9-12-10(13-15-9)7-4-16-5-11-7/h4-6,8,14H,1-3H2. The van der Waals surface area contributed by atoms with Gasteiger partial charge in [-0.15, -0.1) is 11.3 Å². The summed E-state index contributed by atoms with van der Waals surface area (Å²) in [5.74, 6) is 1.41. The summed E-state index contributed by atoms with van der Waals surface area (Å²) < 4.78 is 5.08. The zero-order chi connectivity index (χ0) is 11.0. The van der Waals surface area contributed by atoms with Gasteiger partial charge in [-0.1, -0.05) is 5.16 Å². The van der Waals surface area contributed by atoms with Crippen LogP contribution in [0.5, 0.6) is 0 Å². The zero-order valence-corrected chi connectivity index (χ0v) is 9.35. The van der Waals surface area contributed by atoms with E-state index in [0.29, 0.717) is 24.1 Å². The molecule has 84 valence electrons. The maximum Gasteiger partial charge on any atom is 0.229 e. The van der Waals surface area contributed by atoms with Gasteiger partial charge in [-0.2, -0.15) is 4.98 Å². The van der Waals surface area contributed by atoms with Crippen LogP contribution >= 0.6 is 11.3 Å². The smallest absolute Gasteiger partial charge is 0.229 e. The molecular weight excluding hydrogens is 226 g/mol. The second kappa shape index (κ2) is 3.95. The van der Waals surface area contributed by atoms with Gasteiger partial charge in [-0.05, 0) is 18.8 Å². The van der Waals surface area contributed by atoms with Crippen molar-refractivity contribution < 1.29 is 9.63 Å². The second-order valence-electron chi connectivity index (χ2n) is 3.99. The molecule has 16 heavy (non-hydrogen) atoms. The third-order valence-corrected chi connectivity index (χ3v) is 3.27. The molecule has 2 heterocycles. The highest BCUT2D eigenvalue weighted by Gasteiger charge is 2.31. The monoisotopic (exact) mass is 237 g/mol. The van der Waals surface area contributed by atoms with Gasteiger partial charge in [0.05, 0.1) is 18.0 Å². The molecule has 1 unspecified atom stereocenters. The Morgan fingerprint density at radius 2 is 2.44 bits per heavy atom. The molecule has 1 saturated carbocycles. The van der Waals surface area contributed by atoms with Crippen molar-refractivity contribution in [1.82, 2.24) is 15.1 Å². The van der Waals surface area contributed by atoms with Gasteiger partial charge < -0.3 is 9.63 Å². The van der Waals surface area contributed by atoms with Crippen molar-refractivity contribution >= 4 is 11.3 Å². The van der Waals surface area contributed by atoms with Crippen molar-refractivity contribution in [1.29, 1.82) is 0 Å². The van der Waals surface area contributed by atoms with Crippen LogP contribution in [0.2, 0.25) is 0 Å². The Morgan fingerprint density at radius 3 is 3.12 bits per heavy atom. The lowest BCUT2D eigenvalue weighted by molar-refractivity contribution is 0.140. The summed E-state index contributed by atoms with van der Waals surface area (Å²) in [5.41, 5.74) is 2.45. The molecular formula is C10H11N3O2S. The molecule has 1 aliphatic rings. The van der Waals surface area contributed by atoms with E-state index in [1.54, 1.807) is 5.51 Å². The van der Waals surface area contributed by atoms with Gasteiger partial charge >= 0.3 is 0 Å². The van der Waals surface area contributed by atoms with Gasteiger partial charge in [0.2, 0.25) is 11.7 Å². The van der Waals surface area contributed by atoms with Crippen molar-refractivity contribution in [2.75, 3.05) is 0 Å². The van der Waals surface area contributed by atoms with Crippen LogP contribution in [0.15, 0.2) is 15.4 Å². The molecule has 1 aliphatic carbocycles. The number of aliphatic hydroxyl groups excluding tert-OH is 1. The Bertz CT molecular complexity index is 464. The van der Waals surface area contributed by atoms with Crippen LogP contribution in [0.1, 0.15) is 18.7 Å². The normalized spacial score (nSPS) is 17.6. The molecule has 0 radical (unpaired) electrons. The predicted octanol–water partition coefficient (Wildman–Crippen LogP) is 1.51. The van der Waals surface area contributed by atoms with Crippen LogP contribution in [0, 0.1) is 5.92 Å². The van der Waals surface area contributed by atoms with Gasteiger partial charge in [0.25, 0.3) is 0 Å². The molecule has 0 saturated heterocycles. The lowest BCUT2D eigenvalue weighted by Crippen LogP contribution is -2.12. The fraction of sp³-hybridized carbons (Fsp3) is 0.500. The van der Waals surface area contributed by atoms with Crippen molar-refractivity contribution in [3.05, 3.63) is 16.8 Å². The fourth-order valence-corrected chi connectivity index (χ4v) is 2.12. The molecule has 0 aliphatic heterocycles. The highest BCUT2D eigenvalue weighted by molar-refractivity contribution is 7.07. The van der Waals surface area contributed by atoms with E-state index in [9.17, 15) is 5.11 Å². The number of aromatic nitrogens is 3. The molecule has 6 heteroatoms. The van der Waals surface area contributed by atoms with Gasteiger partial charge in [-0.25, -0.2) is 4.98 Å². The van der Waals surface area contributed by atoms with E-state index < -0.39 is 0 Å². The number of aliphatic hydroxyl groups is 1. The molecule has 0 bridgehead atoms. The molecule has 1 atom stereocenters. The van der Waals surface area contributed by atoms with E-state index in [2.05, 4.69) is 15.1 Å². The van der Waals surface area contributed by atoms with Crippen LogP contribution in [0.25, 0.3) is 11.5 Å². The summed E-state index contributed by atoms with van der Waals surface area (Å²) in [6, 6.07) is 0. The number of thiazole rings is 1. The molecule has 1 fully saturated rings. The number of nitrogens with zero attached hydrogens (tertiary/aromatic N) is 3. The maximum atomic E-state index is 9.74. The molecule has 2 aromatic heterocycles. The fourth-order valence-electron chi connectivity index (χ4n) is 1.59. The molecule has 1 N–H and O–H groups in total. The van der Waals surface area contributed by atoms with Crippen LogP contribution in [-0.4, -0.2) is 26.3 Å². The second-order valence-corrected chi connectivity index (χ2v) is 4.71. The van der Waals surface area contributed by atoms with E-state index in [1.807, 2.05) is 5.38 Å². The van der Waals surface area contributed by atoms with Crippen LogP contribution < -0.4 is 0 Å². The maximum absolute atomic E-state index is 9.74. The number of rotatable bonds is 4. The summed E-state index contributed by atoms with van der Waals surface area (Å²) in [6.45, 7) is 0. The van der Waals surface area contributed by atoms with Gasteiger partial charge in [0.1, 0.15) is 5.69 Å². The largest absolute Gasteiger partial charge is 0.392 e. The summed E-state index contributed by atoms with van der Waals surface area (Å²) in [4.78, 5) is 8.31. The molecule has 5 nitrogen and oxygen atoms in total. The van der Waals surface area contributed by atoms with Crippen molar-refractivity contribution in [2.45, 2.75) is 25.4 Å². The van der Waals surface area contributed by atoms with Crippen LogP contribution in [0.3, 0.4) is 0 Å². The first-order valence-corrected chi connectivity index (χ1v) is 6.16. The average Bonchev–Trinajstić information content (AvgIpc) is 2.80. The van der Waals surface area contributed by atoms with Gasteiger partial charge in [-0.3, -0.25) is 0 Å². The predicted molar refractivity (Wildman–Crippen MR) is 57.8 cm³/mol. The third kappa shape index (κ3) is 1.98. The zero-order valence-electron chi connectivity index (χ0n) is 8.54. The first-order valence-electron chi connectivity index (χ1n) is 5.22. The Labute approximate surface area is 96.1 Å². The minimum atomic E-state index is -0.344. The SMILES string of the molecule is OC(Cc1nc(-c2cscn2)no1)C1CC1. The van der Waals surface area contributed by atoms with E-state index in [1.165, 1.54) is 11.3 Å². The minimum Gasteiger partial charge on any atom is -0.392 e. The Hall–Kier alpha value is -1.27.